The van der Waals surface area contributed by atoms with E-state index in [1.54, 1.807) is 13.1 Å². The lowest BCUT2D eigenvalue weighted by atomic mass is 10.1. The van der Waals surface area contributed by atoms with Crippen molar-refractivity contribution in [1.29, 1.82) is 0 Å². The van der Waals surface area contributed by atoms with Crippen molar-refractivity contribution in [3.63, 3.8) is 0 Å². The molecule has 0 saturated heterocycles. The predicted octanol–water partition coefficient (Wildman–Crippen LogP) is 3.51. The Balaban J connectivity index is 1.49. The number of rotatable bonds is 6. The lowest BCUT2D eigenvalue weighted by Gasteiger charge is -2.09. The molecule has 5 nitrogen and oxygen atoms in total. The van der Waals surface area contributed by atoms with Crippen LogP contribution in [0.5, 0.6) is 5.75 Å². The SMILES string of the molecule is Cc1cc(C(=O)OCCCOc2cccc3ccccc23)n(C)n1. The van der Waals surface area contributed by atoms with E-state index in [9.17, 15) is 4.79 Å². The molecule has 0 fully saturated rings. The number of aryl methyl sites for hydroxylation is 2. The molecule has 0 unspecified atom stereocenters. The first-order valence-corrected chi connectivity index (χ1v) is 7.93. The zero-order valence-corrected chi connectivity index (χ0v) is 13.9. The zero-order chi connectivity index (χ0) is 16.9. The van der Waals surface area contributed by atoms with Gasteiger partial charge in [-0.05, 0) is 24.4 Å². The van der Waals surface area contributed by atoms with Crippen molar-refractivity contribution >= 4 is 16.7 Å². The van der Waals surface area contributed by atoms with Crippen LogP contribution in [0.25, 0.3) is 10.8 Å². The maximum Gasteiger partial charge on any atom is 0.356 e. The first-order chi connectivity index (χ1) is 11.6. The minimum absolute atomic E-state index is 0.313. The standard InChI is InChI=1S/C19H20N2O3/c1-14-13-17(21(2)20-14)19(22)24-12-6-11-23-18-10-5-8-15-7-3-4-9-16(15)18/h3-5,7-10,13H,6,11-12H2,1-2H3. The number of hydrogen-bond donors (Lipinski definition) is 0. The van der Waals surface area contributed by atoms with Crippen LogP contribution in [0, 0.1) is 6.92 Å². The third-order valence-corrected chi connectivity index (χ3v) is 3.74. The fraction of sp³-hybridized carbons (Fsp3) is 0.263. The van der Waals surface area contributed by atoms with Gasteiger partial charge in [-0.2, -0.15) is 5.10 Å². The highest BCUT2D eigenvalue weighted by atomic mass is 16.5. The molecule has 0 saturated carbocycles. The van der Waals surface area contributed by atoms with Gasteiger partial charge < -0.3 is 9.47 Å². The van der Waals surface area contributed by atoms with Gasteiger partial charge >= 0.3 is 5.97 Å². The van der Waals surface area contributed by atoms with Crippen LogP contribution in [0.4, 0.5) is 0 Å². The molecule has 124 valence electrons. The van der Waals surface area contributed by atoms with Crippen molar-refractivity contribution < 1.29 is 14.3 Å². The van der Waals surface area contributed by atoms with Crippen molar-refractivity contribution in [3.05, 3.63) is 59.9 Å². The van der Waals surface area contributed by atoms with Crippen LogP contribution in [0.3, 0.4) is 0 Å². The van der Waals surface area contributed by atoms with Gasteiger partial charge in [0.2, 0.25) is 0 Å². The average molecular weight is 324 g/mol. The number of esters is 1. The van der Waals surface area contributed by atoms with Crippen LogP contribution in [0.15, 0.2) is 48.5 Å². The van der Waals surface area contributed by atoms with Gasteiger partial charge in [-0.1, -0.05) is 36.4 Å². The molecule has 24 heavy (non-hydrogen) atoms. The number of benzene rings is 2. The number of hydrogen-bond acceptors (Lipinski definition) is 4. The Morgan fingerprint density at radius 3 is 2.71 bits per heavy atom. The van der Waals surface area contributed by atoms with Crippen molar-refractivity contribution in [2.45, 2.75) is 13.3 Å². The number of nitrogens with zero attached hydrogens (tertiary/aromatic N) is 2. The molecule has 3 rings (SSSR count). The Morgan fingerprint density at radius 1 is 1.12 bits per heavy atom. The van der Waals surface area contributed by atoms with Gasteiger partial charge in [0.05, 0.1) is 18.9 Å². The van der Waals surface area contributed by atoms with E-state index in [1.807, 2.05) is 37.3 Å². The molecule has 0 aliphatic rings. The minimum atomic E-state index is -0.358. The van der Waals surface area contributed by atoms with E-state index >= 15 is 0 Å². The molecule has 0 aliphatic heterocycles. The summed E-state index contributed by atoms with van der Waals surface area (Å²) in [5, 5.41) is 6.37. The van der Waals surface area contributed by atoms with Crippen molar-refractivity contribution in [2.75, 3.05) is 13.2 Å². The lowest BCUT2D eigenvalue weighted by Crippen LogP contribution is -2.13. The Morgan fingerprint density at radius 2 is 1.92 bits per heavy atom. The third kappa shape index (κ3) is 3.56. The first-order valence-electron chi connectivity index (χ1n) is 7.93. The van der Waals surface area contributed by atoms with E-state index in [0.29, 0.717) is 25.3 Å². The summed E-state index contributed by atoms with van der Waals surface area (Å²) in [4.78, 5) is 12.0. The van der Waals surface area contributed by atoms with E-state index < -0.39 is 0 Å². The fourth-order valence-electron chi connectivity index (χ4n) is 2.60. The molecule has 0 atom stereocenters. The number of carbonyl (C=O) groups excluding carboxylic acids is 1. The summed E-state index contributed by atoms with van der Waals surface area (Å²) in [6.07, 6.45) is 0.631. The first kappa shape index (κ1) is 16.1. The Labute approximate surface area is 140 Å². The van der Waals surface area contributed by atoms with Crippen LogP contribution in [-0.4, -0.2) is 29.0 Å². The van der Waals surface area contributed by atoms with Gasteiger partial charge in [-0.15, -0.1) is 0 Å². The van der Waals surface area contributed by atoms with Gasteiger partial charge in [-0.3, -0.25) is 4.68 Å². The summed E-state index contributed by atoms with van der Waals surface area (Å²) in [7, 11) is 1.73. The molecular weight excluding hydrogens is 304 g/mol. The van der Waals surface area contributed by atoms with Gasteiger partial charge in [0.1, 0.15) is 11.4 Å². The largest absolute Gasteiger partial charge is 0.493 e. The minimum Gasteiger partial charge on any atom is -0.493 e. The van der Waals surface area contributed by atoms with Gasteiger partial charge in [0.15, 0.2) is 0 Å². The molecule has 0 amide bonds. The second-order valence-corrected chi connectivity index (χ2v) is 5.61. The predicted molar refractivity (Wildman–Crippen MR) is 92.3 cm³/mol. The van der Waals surface area contributed by atoms with E-state index in [1.165, 1.54) is 4.68 Å². The molecule has 0 spiro atoms. The Bertz CT molecular complexity index is 849. The van der Waals surface area contributed by atoms with Crippen molar-refractivity contribution in [2.24, 2.45) is 7.05 Å². The molecule has 0 radical (unpaired) electrons. The molecule has 1 aromatic heterocycles. The average Bonchev–Trinajstić information content (AvgIpc) is 2.93. The van der Waals surface area contributed by atoms with E-state index in [-0.39, 0.29) is 5.97 Å². The highest BCUT2D eigenvalue weighted by Gasteiger charge is 2.12. The highest BCUT2D eigenvalue weighted by molar-refractivity contribution is 5.88. The van der Waals surface area contributed by atoms with Crippen LogP contribution < -0.4 is 4.74 Å². The molecule has 0 bridgehead atoms. The van der Waals surface area contributed by atoms with Crippen molar-refractivity contribution in [1.82, 2.24) is 9.78 Å². The van der Waals surface area contributed by atoms with E-state index in [4.69, 9.17) is 9.47 Å². The summed E-state index contributed by atoms with van der Waals surface area (Å²) < 4.78 is 12.6. The second-order valence-electron chi connectivity index (χ2n) is 5.61. The summed E-state index contributed by atoms with van der Waals surface area (Å²) in [6.45, 7) is 2.65. The summed E-state index contributed by atoms with van der Waals surface area (Å²) in [5.74, 6) is 0.491. The molecule has 5 heteroatoms. The molecule has 0 aliphatic carbocycles. The number of fused-ring (bicyclic) bond motifs is 1. The molecule has 3 aromatic rings. The summed E-state index contributed by atoms with van der Waals surface area (Å²) >= 11 is 0. The molecular formula is C19H20N2O3. The van der Waals surface area contributed by atoms with Crippen LogP contribution in [0.1, 0.15) is 22.6 Å². The fourth-order valence-corrected chi connectivity index (χ4v) is 2.60. The second kappa shape index (κ2) is 7.17. The van der Waals surface area contributed by atoms with Gasteiger partial charge in [0, 0.05) is 18.9 Å². The van der Waals surface area contributed by atoms with E-state index in [0.717, 1.165) is 22.2 Å². The Hall–Kier alpha value is -2.82. The van der Waals surface area contributed by atoms with E-state index in [2.05, 4.69) is 17.2 Å². The maximum atomic E-state index is 12.0. The van der Waals surface area contributed by atoms with Gasteiger partial charge in [-0.25, -0.2) is 4.79 Å². The van der Waals surface area contributed by atoms with Crippen LogP contribution in [-0.2, 0) is 11.8 Å². The third-order valence-electron chi connectivity index (χ3n) is 3.74. The van der Waals surface area contributed by atoms with Crippen LogP contribution >= 0.6 is 0 Å². The topological polar surface area (TPSA) is 53.4 Å². The summed E-state index contributed by atoms with van der Waals surface area (Å²) in [5.41, 5.74) is 1.26. The normalized spacial score (nSPS) is 10.8. The van der Waals surface area contributed by atoms with Gasteiger partial charge in [0.25, 0.3) is 0 Å². The Kier molecular flexibility index (Phi) is 4.79. The molecule has 0 N–H and O–H groups in total. The molecule has 2 aromatic carbocycles. The number of carbonyl (C=O) groups is 1. The lowest BCUT2D eigenvalue weighted by molar-refractivity contribution is 0.0473. The number of aromatic nitrogens is 2. The van der Waals surface area contributed by atoms with Crippen LogP contribution in [0.2, 0.25) is 0 Å². The maximum absolute atomic E-state index is 12.0. The zero-order valence-electron chi connectivity index (χ0n) is 13.9. The summed E-state index contributed by atoms with van der Waals surface area (Å²) in [6, 6.07) is 15.8. The highest BCUT2D eigenvalue weighted by Crippen LogP contribution is 2.25. The van der Waals surface area contributed by atoms with Crippen molar-refractivity contribution in [3.8, 4) is 5.75 Å². The quantitative estimate of drug-likeness (QED) is 0.514. The monoisotopic (exact) mass is 324 g/mol. The number of ether oxygens (including phenoxy) is 2. The smallest absolute Gasteiger partial charge is 0.356 e. The molecule has 1 heterocycles.